The molecular formula is C6H16NaO4P. The first-order valence-electron chi connectivity index (χ1n) is 3.58. The number of hydrogen-bond acceptors (Lipinski definition) is 3. The third-order valence-corrected chi connectivity index (χ3v) is 2.29. The van der Waals surface area contributed by atoms with Crippen molar-refractivity contribution in [3.63, 3.8) is 0 Å². The van der Waals surface area contributed by atoms with Crippen molar-refractivity contribution < 1.29 is 18.9 Å². The zero-order valence-corrected chi connectivity index (χ0v) is 8.09. The molecule has 12 heavy (non-hydrogen) atoms. The van der Waals surface area contributed by atoms with Crippen LogP contribution in [0.4, 0.5) is 0 Å². The Morgan fingerprint density at radius 1 is 1.33 bits per heavy atom. The van der Waals surface area contributed by atoms with Crippen molar-refractivity contribution in [2.75, 3.05) is 13.2 Å². The summed E-state index contributed by atoms with van der Waals surface area (Å²) < 4.78 is 20.7. The van der Waals surface area contributed by atoms with Gasteiger partial charge >= 0.3 is 29.6 Å². The van der Waals surface area contributed by atoms with Crippen molar-refractivity contribution in [2.24, 2.45) is 0 Å². The summed E-state index contributed by atoms with van der Waals surface area (Å²) in [6, 6.07) is 0. The van der Waals surface area contributed by atoms with Crippen LogP contribution in [0.2, 0.25) is 0 Å². The summed E-state index contributed by atoms with van der Waals surface area (Å²) in [6.07, 6.45) is 0. The average molecular weight is 206 g/mol. The Kier molecular flexibility index (Phi) is 9.75. The summed E-state index contributed by atoms with van der Waals surface area (Å²) in [6.45, 7) is 5.71. The summed E-state index contributed by atoms with van der Waals surface area (Å²) in [5.41, 5.74) is -1.30. The zero-order chi connectivity index (χ0) is 8.91. The standard InChI is InChI=1S/C6H15O4P.Na.H/c1-4-9-6(3,10-5-2)11(7)8;;/h11H,4-5H2,1-3H3,(H,7,8);;. The van der Waals surface area contributed by atoms with Gasteiger partial charge in [-0.15, -0.1) is 0 Å². The van der Waals surface area contributed by atoms with Crippen LogP contribution in [0.25, 0.3) is 0 Å². The molecule has 0 saturated carbocycles. The quantitative estimate of drug-likeness (QED) is 0.405. The van der Waals surface area contributed by atoms with Gasteiger partial charge in [0.05, 0.1) is 0 Å². The first-order chi connectivity index (χ1) is 5.06. The van der Waals surface area contributed by atoms with Gasteiger partial charge in [-0.1, -0.05) is 0 Å². The van der Waals surface area contributed by atoms with Crippen LogP contribution >= 0.6 is 8.03 Å². The van der Waals surface area contributed by atoms with E-state index in [1.807, 2.05) is 0 Å². The fourth-order valence-corrected chi connectivity index (χ4v) is 1.25. The number of rotatable bonds is 5. The summed E-state index contributed by atoms with van der Waals surface area (Å²) in [7, 11) is -2.79. The molecule has 0 heterocycles. The average Bonchev–Trinajstić information content (AvgIpc) is 1.88. The molecule has 0 aromatic carbocycles. The molecule has 0 rings (SSSR count). The number of hydrogen-bond donors (Lipinski definition) is 1. The molecule has 0 aromatic heterocycles. The molecule has 0 aliphatic rings. The van der Waals surface area contributed by atoms with Crippen molar-refractivity contribution in [1.29, 1.82) is 0 Å². The summed E-state index contributed by atoms with van der Waals surface area (Å²) in [5.74, 6) is 0. The molecule has 6 heteroatoms. The van der Waals surface area contributed by atoms with Crippen LogP contribution < -0.4 is 0 Å². The molecule has 0 radical (unpaired) electrons. The van der Waals surface area contributed by atoms with E-state index in [1.54, 1.807) is 13.8 Å². The van der Waals surface area contributed by atoms with E-state index in [2.05, 4.69) is 0 Å². The Morgan fingerprint density at radius 2 is 1.67 bits per heavy atom. The van der Waals surface area contributed by atoms with E-state index in [4.69, 9.17) is 14.4 Å². The van der Waals surface area contributed by atoms with Crippen LogP contribution in [0.15, 0.2) is 0 Å². The van der Waals surface area contributed by atoms with Gasteiger partial charge in [0, 0.05) is 13.2 Å². The van der Waals surface area contributed by atoms with Crippen molar-refractivity contribution >= 4 is 37.6 Å². The van der Waals surface area contributed by atoms with E-state index >= 15 is 0 Å². The first kappa shape index (κ1) is 15.6. The summed E-state index contributed by atoms with van der Waals surface area (Å²) in [4.78, 5) is 8.83. The molecule has 0 amide bonds. The maximum absolute atomic E-state index is 10.7. The Labute approximate surface area is 95.8 Å². The van der Waals surface area contributed by atoms with Crippen molar-refractivity contribution in [3.05, 3.63) is 0 Å². The summed E-state index contributed by atoms with van der Waals surface area (Å²) in [5, 5.41) is 0. The second-order valence-corrected chi connectivity index (χ2v) is 3.64. The fourth-order valence-electron chi connectivity index (χ4n) is 0.716. The molecular weight excluding hydrogens is 190 g/mol. The molecule has 0 aliphatic carbocycles. The Balaban J connectivity index is 0. The monoisotopic (exact) mass is 206 g/mol. The van der Waals surface area contributed by atoms with E-state index in [0.29, 0.717) is 13.2 Å². The normalized spacial score (nSPS) is 13.7. The third-order valence-electron chi connectivity index (χ3n) is 1.23. The van der Waals surface area contributed by atoms with Gasteiger partial charge in [-0.25, -0.2) is 0 Å². The summed E-state index contributed by atoms with van der Waals surface area (Å²) >= 11 is 0. The van der Waals surface area contributed by atoms with Gasteiger partial charge in [0.25, 0.3) is 0 Å². The molecule has 0 fully saturated rings. The van der Waals surface area contributed by atoms with Gasteiger partial charge in [-0.3, -0.25) is 4.57 Å². The molecule has 0 saturated heterocycles. The minimum absolute atomic E-state index is 0. The van der Waals surface area contributed by atoms with Gasteiger partial charge in [0.1, 0.15) is 0 Å². The van der Waals surface area contributed by atoms with E-state index in [0.717, 1.165) is 0 Å². The van der Waals surface area contributed by atoms with E-state index in [9.17, 15) is 4.57 Å². The van der Waals surface area contributed by atoms with E-state index in [-0.39, 0.29) is 29.6 Å². The molecule has 1 N–H and O–H groups in total. The van der Waals surface area contributed by atoms with Crippen LogP contribution in [0, 0.1) is 0 Å². The van der Waals surface area contributed by atoms with E-state index < -0.39 is 13.6 Å². The van der Waals surface area contributed by atoms with Crippen molar-refractivity contribution in [2.45, 2.75) is 26.3 Å². The van der Waals surface area contributed by atoms with Crippen LogP contribution in [0.3, 0.4) is 0 Å². The third kappa shape index (κ3) is 4.97. The molecule has 0 spiro atoms. The van der Waals surface area contributed by atoms with Gasteiger partial charge < -0.3 is 14.4 Å². The molecule has 1 atom stereocenters. The number of ether oxygens (including phenoxy) is 2. The molecule has 0 aromatic rings. The predicted molar refractivity (Wildman–Crippen MR) is 50.0 cm³/mol. The molecule has 70 valence electrons. The van der Waals surface area contributed by atoms with Crippen LogP contribution in [0.1, 0.15) is 20.8 Å². The molecule has 1 unspecified atom stereocenters. The zero-order valence-electron chi connectivity index (χ0n) is 7.09. The van der Waals surface area contributed by atoms with Crippen LogP contribution in [-0.2, 0) is 14.0 Å². The topological polar surface area (TPSA) is 55.8 Å². The predicted octanol–water partition coefficient (Wildman–Crippen LogP) is 0.552. The van der Waals surface area contributed by atoms with Gasteiger partial charge in [-0.2, -0.15) is 0 Å². The minimum atomic E-state index is -2.79. The second-order valence-electron chi connectivity index (χ2n) is 2.12. The van der Waals surface area contributed by atoms with Gasteiger partial charge in [-0.05, 0) is 20.8 Å². The van der Waals surface area contributed by atoms with Crippen molar-refractivity contribution in [1.82, 2.24) is 0 Å². The molecule has 0 bridgehead atoms. The van der Waals surface area contributed by atoms with E-state index in [1.165, 1.54) is 6.92 Å². The van der Waals surface area contributed by atoms with Crippen LogP contribution in [-0.4, -0.2) is 53.2 Å². The Bertz CT molecular complexity index is 136. The Hall–Kier alpha value is 1.11. The molecule has 4 nitrogen and oxygen atoms in total. The second kappa shape index (κ2) is 7.51. The Morgan fingerprint density at radius 3 is 1.83 bits per heavy atom. The maximum atomic E-state index is 10.7. The first-order valence-corrected chi connectivity index (χ1v) is 4.93. The van der Waals surface area contributed by atoms with Gasteiger partial charge in [0.15, 0.2) is 0 Å². The van der Waals surface area contributed by atoms with Crippen molar-refractivity contribution in [3.8, 4) is 0 Å². The van der Waals surface area contributed by atoms with Crippen LogP contribution in [0.5, 0.6) is 0 Å². The fraction of sp³-hybridized carbons (Fsp3) is 1.00. The molecule has 0 aliphatic heterocycles. The van der Waals surface area contributed by atoms with Gasteiger partial charge in [0.2, 0.25) is 13.6 Å². The SMILES string of the molecule is CCOC(C)(OCC)[PH](=O)O.[NaH].